The van der Waals surface area contributed by atoms with Crippen molar-refractivity contribution in [3.8, 4) is 0 Å². The van der Waals surface area contributed by atoms with Crippen LogP contribution in [0.2, 0.25) is 0 Å². The van der Waals surface area contributed by atoms with Crippen molar-refractivity contribution < 1.29 is 28.6 Å². The number of rotatable bonds is 44. The highest BCUT2D eigenvalue weighted by molar-refractivity contribution is 5.72. The molecule has 0 saturated heterocycles. The molecule has 0 aromatic carbocycles. The first kappa shape index (κ1) is 58.2. The number of esters is 2. The van der Waals surface area contributed by atoms with Gasteiger partial charge in [-0.05, 0) is 98.2 Å². The molecule has 0 aliphatic heterocycles. The molecule has 0 fully saturated rings. The monoisotopic (exact) mass is 851 g/mol. The van der Waals surface area contributed by atoms with Crippen LogP contribution in [-0.4, -0.2) is 67.9 Å². The molecule has 8 nitrogen and oxygen atoms in total. The van der Waals surface area contributed by atoms with Gasteiger partial charge in [0.2, 0.25) is 0 Å². The van der Waals surface area contributed by atoms with E-state index < -0.39 is 5.60 Å². The highest BCUT2D eigenvalue weighted by Crippen LogP contribution is 2.22. The first-order chi connectivity index (χ1) is 29.1. The fraction of sp³-hybridized carbons (Fsp3) is 0.942. The molecule has 0 saturated carbocycles. The summed E-state index contributed by atoms with van der Waals surface area (Å²) in [4.78, 5) is 40.8. The van der Waals surface area contributed by atoms with E-state index in [2.05, 4.69) is 37.9 Å². The SMILES string of the molecule is CCCCCCCCC(CCCCCC)C(=O)OCCCCCCN(CCCCCCOC(=O)C(CCCCCC)CCCCCCCC)CCCNC(=O)OC(C)(C)C. The third kappa shape index (κ3) is 39.0. The van der Waals surface area contributed by atoms with E-state index in [0.29, 0.717) is 19.8 Å². The Bertz CT molecular complexity index is 911. The second kappa shape index (κ2) is 42.5. The Kier molecular flexibility index (Phi) is 41.2. The third-order valence-electron chi connectivity index (χ3n) is 11.8. The number of carbonyl (C=O) groups is 3. The van der Waals surface area contributed by atoms with E-state index in [4.69, 9.17) is 14.2 Å². The number of unbranched alkanes of at least 4 members (excludes halogenated alkanes) is 22. The smallest absolute Gasteiger partial charge is 0.407 e. The summed E-state index contributed by atoms with van der Waals surface area (Å²) in [5, 5.41) is 2.91. The fourth-order valence-corrected chi connectivity index (χ4v) is 8.04. The van der Waals surface area contributed by atoms with E-state index in [-0.39, 0.29) is 29.9 Å². The summed E-state index contributed by atoms with van der Waals surface area (Å²) in [5.41, 5.74) is -0.500. The summed E-state index contributed by atoms with van der Waals surface area (Å²) in [6.45, 7) is 19.3. The highest BCUT2D eigenvalue weighted by atomic mass is 16.6. The van der Waals surface area contributed by atoms with Crippen molar-refractivity contribution in [1.82, 2.24) is 10.2 Å². The molecule has 2 atom stereocenters. The van der Waals surface area contributed by atoms with Gasteiger partial charge in [-0.15, -0.1) is 0 Å². The molecule has 0 bridgehead atoms. The van der Waals surface area contributed by atoms with Gasteiger partial charge in [0.1, 0.15) is 5.60 Å². The van der Waals surface area contributed by atoms with Crippen LogP contribution in [0.4, 0.5) is 4.79 Å². The lowest BCUT2D eigenvalue weighted by Gasteiger charge is -2.23. The highest BCUT2D eigenvalue weighted by Gasteiger charge is 2.21. The molecule has 0 radical (unpaired) electrons. The maximum atomic E-state index is 13.1. The molecule has 8 heteroatoms. The molecule has 0 spiro atoms. The van der Waals surface area contributed by atoms with Gasteiger partial charge in [0.25, 0.3) is 0 Å². The number of ether oxygens (including phenoxy) is 3. The van der Waals surface area contributed by atoms with Crippen LogP contribution in [0.3, 0.4) is 0 Å². The zero-order valence-electron chi connectivity index (χ0n) is 41.1. The molecule has 0 rings (SSSR count). The Morgan fingerprint density at radius 1 is 0.433 bits per heavy atom. The van der Waals surface area contributed by atoms with Gasteiger partial charge in [0.05, 0.1) is 25.0 Å². The van der Waals surface area contributed by atoms with Crippen LogP contribution < -0.4 is 5.32 Å². The largest absolute Gasteiger partial charge is 0.465 e. The minimum absolute atomic E-state index is 0.0369. The summed E-state index contributed by atoms with van der Waals surface area (Å²) in [5.74, 6) is 0.210. The number of hydrogen-bond donors (Lipinski definition) is 1. The Morgan fingerprint density at radius 2 is 0.750 bits per heavy atom. The Hall–Kier alpha value is -1.83. The molecular formula is C52H102N2O6. The first-order valence-corrected chi connectivity index (χ1v) is 26.1. The van der Waals surface area contributed by atoms with Crippen LogP contribution in [0.15, 0.2) is 0 Å². The van der Waals surface area contributed by atoms with Crippen molar-refractivity contribution in [2.75, 3.05) is 39.4 Å². The average molecular weight is 851 g/mol. The predicted octanol–water partition coefficient (Wildman–Crippen LogP) is 15.1. The standard InChI is InChI=1S/C52H102N2O6/c1-8-12-16-20-22-30-39-47(37-28-18-14-10-3)49(55)58-45-34-26-24-32-42-54(44-36-41-53-51(57)60-52(5,6)7)43-33-25-27-35-46-59-50(56)48(38-29-19-15-11-4)40-31-23-21-17-13-9-2/h47-48H,8-46H2,1-7H3,(H,53,57). The molecule has 0 aliphatic rings. The van der Waals surface area contributed by atoms with Gasteiger partial charge in [0.15, 0.2) is 0 Å². The van der Waals surface area contributed by atoms with Crippen molar-refractivity contribution >= 4 is 18.0 Å². The van der Waals surface area contributed by atoms with E-state index in [0.717, 1.165) is 129 Å². The molecule has 1 amide bonds. The van der Waals surface area contributed by atoms with E-state index in [9.17, 15) is 14.4 Å². The Balaban J connectivity index is 4.72. The Morgan fingerprint density at radius 3 is 1.13 bits per heavy atom. The third-order valence-corrected chi connectivity index (χ3v) is 11.8. The first-order valence-electron chi connectivity index (χ1n) is 26.1. The van der Waals surface area contributed by atoms with E-state index in [1.807, 2.05) is 20.8 Å². The van der Waals surface area contributed by atoms with Crippen LogP contribution in [-0.2, 0) is 23.8 Å². The normalized spacial score (nSPS) is 12.7. The van der Waals surface area contributed by atoms with E-state index in [1.165, 1.54) is 103 Å². The Labute approximate surface area is 372 Å². The van der Waals surface area contributed by atoms with Crippen LogP contribution in [0.1, 0.15) is 260 Å². The van der Waals surface area contributed by atoms with Gasteiger partial charge in [-0.3, -0.25) is 9.59 Å². The molecule has 0 aliphatic carbocycles. The van der Waals surface area contributed by atoms with Gasteiger partial charge in [0, 0.05) is 6.54 Å². The lowest BCUT2D eigenvalue weighted by Crippen LogP contribution is -2.35. The molecule has 0 heterocycles. The summed E-state index contributed by atoms with van der Waals surface area (Å²) in [6.07, 6.45) is 37.6. The predicted molar refractivity (Wildman–Crippen MR) is 255 cm³/mol. The van der Waals surface area contributed by atoms with E-state index in [1.54, 1.807) is 0 Å². The fourth-order valence-electron chi connectivity index (χ4n) is 8.04. The molecule has 1 N–H and O–H groups in total. The van der Waals surface area contributed by atoms with Crippen molar-refractivity contribution in [3.63, 3.8) is 0 Å². The lowest BCUT2D eigenvalue weighted by atomic mass is 9.94. The molecule has 356 valence electrons. The van der Waals surface area contributed by atoms with Crippen LogP contribution in [0, 0.1) is 11.8 Å². The summed E-state index contributed by atoms with van der Waals surface area (Å²) >= 11 is 0. The van der Waals surface area contributed by atoms with Crippen LogP contribution in [0.5, 0.6) is 0 Å². The molecule has 60 heavy (non-hydrogen) atoms. The van der Waals surface area contributed by atoms with Crippen molar-refractivity contribution in [2.45, 2.75) is 266 Å². The lowest BCUT2D eigenvalue weighted by molar-refractivity contribution is -0.150. The van der Waals surface area contributed by atoms with Crippen molar-refractivity contribution in [3.05, 3.63) is 0 Å². The molecule has 0 aromatic rings. The number of hydrogen-bond acceptors (Lipinski definition) is 7. The maximum absolute atomic E-state index is 13.1. The minimum Gasteiger partial charge on any atom is -0.465 e. The second-order valence-corrected chi connectivity index (χ2v) is 19.0. The van der Waals surface area contributed by atoms with Gasteiger partial charge in [-0.1, -0.05) is 182 Å². The quantitative estimate of drug-likeness (QED) is 0.0371. The van der Waals surface area contributed by atoms with Gasteiger partial charge in [-0.2, -0.15) is 0 Å². The summed E-state index contributed by atoms with van der Waals surface area (Å²) < 4.78 is 17.1. The summed E-state index contributed by atoms with van der Waals surface area (Å²) in [6, 6.07) is 0. The second-order valence-electron chi connectivity index (χ2n) is 19.0. The van der Waals surface area contributed by atoms with Gasteiger partial charge in [-0.25, -0.2) is 4.79 Å². The molecule has 0 aromatic heterocycles. The van der Waals surface area contributed by atoms with Crippen LogP contribution >= 0.6 is 0 Å². The number of nitrogens with one attached hydrogen (secondary N) is 1. The number of alkyl carbamates (subject to hydrolysis) is 1. The molecule has 2 unspecified atom stereocenters. The van der Waals surface area contributed by atoms with Gasteiger partial charge < -0.3 is 24.4 Å². The topological polar surface area (TPSA) is 94.2 Å². The zero-order chi connectivity index (χ0) is 44.4. The van der Waals surface area contributed by atoms with Crippen LogP contribution in [0.25, 0.3) is 0 Å². The number of nitrogens with zero attached hydrogens (tertiary/aromatic N) is 1. The van der Waals surface area contributed by atoms with Crippen molar-refractivity contribution in [2.24, 2.45) is 11.8 Å². The maximum Gasteiger partial charge on any atom is 0.407 e. The van der Waals surface area contributed by atoms with Crippen molar-refractivity contribution in [1.29, 1.82) is 0 Å². The zero-order valence-corrected chi connectivity index (χ0v) is 41.1. The minimum atomic E-state index is -0.500. The number of amides is 1. The summed E-state index contributed by atoms with van der Waals surface area (Å²) in [7, 11) is 0. The number of carbonyl (C=O) groups excluding carboxylic acids is 3. The van der Waals surface area contributed by atoms with Gasteiger partial charge >= 0.3 is 18.0 Å². The molecular weight excluding hydrogens is 749 g/mol. The van der Waals surface area contributed by atoms with E-state index >= 15 is 0 Å². The average Bonchev–Trinajstić information content (AvgIpc) is 3.21.